The second-order valence-corrected chi connectivity index (χ2v) is 4.01. The van der Waals surface area contributed by atoms with Gasteiger partial charge in [-0.05, 0) is 5.41 Å². The van der Waals surface area contributed by atoms with Crippen LogP contribution in [-0.4, -0.2) is 17.4 Å². The molecule has 1 aliphatic heterocycles. The van der Waals surface area contributed by atoms with Gasteiger partial charge in [0.05, 0.1) is 5.75 Å². The molecule has 1 aliphatic rings. The van der Waals surface area contributed by atoms with Gasteiger partial charge >= 0.3 is 0 Å². The number of rotatable bonds is 1. The number of nitrogens with two attached hydrogens (primary N) is 1. The first-order valence-electron chi connectivity index (χ1n) is 2.60. The van der Waals surface area contributed by atoms with Crippen molar-refractivity contribution in [2.75, 3.05) is 11.5 Å². The SMILES string of the molecule is C1=CSSC1.NC(=O)CS. The highest BCUT2D eigenvalue weighted by Crippen LogP contribution is 2.27. The van der Waals surface area contributed by atoms with Crippen LogP contribution >= 0.6 is 34.2 Å². The van der Waals surface area contributed by atoms with Crippen LogP contribution in [0.25, 0.3) is 0 Å². The number of carbonyl (C=O) groups excluding carboxylic acids is 1. The first kappa shape index (κ1) is 10.3. The zero-order valence-electron chi connectivity index (χ0n) is 5.32. The summed E-state index contributed by atoms with van der Waals surface area (Å²) in [5.41, 5.74) is 4.58. The molecule has 1 rings (SSSR count). The van der Waals surface area contributed by atoms with Crippen molar-refractivity contribution in [3.8, 4) is 0 Å². The molecule has 0 bridgehead atoms. The van der Waals surface area contributed by atoms with Gasteiger partial charge < -0.3 is 5.73 Å². The quantitative estimate of drug-likeness (QED) is 0.489. The van der Waals surface area contributed by atoms with E-state index in [9.17, 15) is 4.79 Å². The van der Waals surface area contributed by atoms with Crippen LogP contribution in [0.2, 0.25) is 0 Å². The van der Waals surface area contributed by atoms with Crippen LogP contribution in [0.4, 0.5) is 0 Å². The van der Waals surface area contributed by atoms with Crippen LogP contribution in [0.3, 0.4) is 0 Å². The molecule has 1 amide bonds. The van der Waals surface area contributed by atoms with Gasteiger partial charge in [0.1, 0.15) is 0 Å². The summed E-state index contributed by atoms with van der Waals surface area (Å²) < 4.78 is 0. The van der Waals surface area contributed by atoms with Gasteiger partial charge in [-0.15, -0.1) is 0 Å². The summed E-state index contributed by atoms with van der Waals surface area (Å²) >= 11 is 3.54. The van der Waals surface area contributed by atoms with E-state index >= 15 is 0 Å². The fourth-order valence-corrected chi connectivity index (χ4v) is 1.77. The number of hydrogen-bond acceptors (Lipinski definition) is 4. The van der Waals surface area contributed by atoms with Gasteiger partial charge in [-0.2, -0.15) is 12.6 Å². The van der Waals surface area contributed by atoms with Crippen molar-refractivity contribution >= 4 is 40.1 Å². The van der Waals surface area contributed by atoms with Crippen LogP contribution in [0.15, 0.2) is 11.5 Å². The van der Waals surface area contributed by atoms with Gasteiger partial charge in [-0.25, -0.2) is 0 Å². The maximum Gasteiger partial charge on any atom is 0.227 e. The molecule has 1 heterocycles. The molecule has 0 aromatic carbocycles. The third-order valence-electron chi connectivity index (χ3n) is 0.540. The fourth-order valence-electron chi connectivity index (χ4n) is 0.196. The molecule has 2 N–H and O–H groups in total. The first-order valence-corrected chi connectivity index (χ1v) is 5.61. The van der Waals surface area contributed by atoms with Gasteiger partial charge in [-0.1, -0.05) is 27.7 Å². The highest BCUT2D eigenvalue weighted by molar-refractivity contribution is 8.78. The molecule has 0 radical (unpaired) electrons. The summed E-state index contributed by atoms with van der Waals surface area (Å²) in [6.07, 6.45) is 2.16. The average Bonchev–Trinajstić information content (AvgIpc) is 2.43. The molecule has 0 fully saturated rings. The molecule has 58 valence electrons. The highest BCUT2D eigenvalue weighted by atomic mass is 33.1. The maximum atomic E-state index is 9.51. The Balaban J connectivity index is 0.000000162. The minimum Gasteiger partial charge on any atom is -0.369 e. The van der Waals surface area contributed by atoms with E-state index in [0.717, 1.165) is 0 Å². The Bertz CT molecular complexity index is 120. The number of primary amides is 1. The summed E-state index contributed by atoms with van der Waals surface area (Å²) in [6.45, 7) is 0. The number of amides is 1. The van der Waals surface area contributed by atoms with Crippen molar-refractivity contribution in [3.63, 3.8) is 0 Å². The minimum absolute atomic E-state index is 0.139. The van der Waals surface area contributed by atoms with E-state index < -0.39 is 0 Å². The minimum atomic E-state index is -0.381. The Hall–Kier alpha value is 0.260. The molecule has 2 nitrogen and oxygen atoms in total. The van der Waals surface area contributed by atoms with E-state index in [4.69, 9.17) is 0 Å². The summed E-state index contributed by atoms with van der Waals surface area (Å²) in [5, 5.41) is 2.12. The first-order chi connectivity index (χ1) is 4.77. The Morgan fingerprint density at radius 1 is 1.80 bits per heavy atom. The molecule has 0 aromatic heterocycles. The van der Waals surface area contributed by atoms with Crippen molar-refractivity contribution in [2.45, 2.75) is 0 Å². The van der Waals surface area contributed by atoms with E-state index in [0.29, 0.717) is 0 Å². The van der Waals surface area contributed by atoms with E-state index in [2.05, 4.69) is 29.8 Å². The molecule has 0 saturated carbocycles. The zero-order chi connectivity index (χ0) is 7.82. The molecule has 0 spiro atoms. The maximum absolute atomic E-state index is 9.51. The molecule has 5 heteroatoms. The van der Waals surface area contributed by atoms with Crippen molar-refractivity contribution in [1.82, 2.24) is 0 Å². The van der Waals surface area contributed by atoms with Crippen molar-refractivity contribution in [3.05, 3.63) is 11.5 Å². The Morgan fingerprint density at radius 2 is 2.40 bits per heavy atom. The number of hydrogen-bond donors (Lipinski definition) is 2. The number of carbonyl (C=O) groups is 1. The van der Waals surface area contributed by atoms with E-state index in [1.165, 1.54) is 5.75 Å². The van der Waals surface area contributed by atoms with E-state index in [-0.39, 0.29) is 11.7 Å². The molecule has 10 heavy (non-hydrogen) atoms. The lowest BCUT2D eigenvalue weighted by molar-refractivity contribution is -0.115. The Morgan fingerprint density at radius 3 is 2.50 bits per heavy atom. The standard InChI is InChI=1S/C3H4S2.C2H5NOS/c1-2-4-5-3-1;3-2(4)1-5/h1-2H,3H2;5H,1H2,(H2,3,4). The van der Waals surface area contributed by atoms with Gasteiger partial charge in [0, 0.05) is 5.75 Å². The Kier molecular flexibility index (Phi) is 7.56. The van der Waals surface area contributed by atoms with Gasteiger partial charge in [-0.3, -0.25) is 4.79 Å². The Labute approximate surface area is 73.8 Å². The lowest BCUT2D eigenvalue weighted by atomic mass is 10.8. The van der Waals surface area contributed by atoms with Gasteiger partial charge in [0.25, 0.3) is 0 Å². The lowest BCUT2D eigenvalue weighted by Gasteiger charge is -1.72. The van der Waals surface area contributed by atoms with Crippen LogP contribution in [-0.2, 0) is 4.79 Å². The molecule has 0 aromatic rings. The summed E-state index contributed by atoms with van der Waals surface area (Å²) in [5.74, 6) is 0.957. The van der Waals surface area contributed by atoms with E-state index in [1.54, 1.807) is 0 Å². The van der Waals surface area contributed by atoms with Gasteiger partial charge in [0.15, 0.2) is 0 Å². The van der Waals surface area contributed by atoms with Crippen LogP contribution < -0.4 is 5.73 Å². The average molecular weight is 195 g/mol. The third kappa shape index (κ3) is 8.26. The molecule has 0 unspecified atom stereocenters. The second-order valence-electron chi connectivity index (χ2n) is 1.38. The summed E-state index contributed by atoms with van der Waals surface area (Å²) in [7, 11) is 3.69. The molecular weight excluding hydrogens is 186 g/mol. The largest absolute Gasteiger partial charge is 0.369 e. The van der Waals surface area contributed by atoms with Gasteiger partial charge in [0.2, 0.25) is 5.91 Å². The predicted molar refractivity (Wildman–Crippen MR) is 52.2 cm³/mol. The second kappa shape index (κ2) is 7.37. The molecule has 0 saturated heterocycles. The van der Waals surface area contributed by atoms with Crippen LogP contribution in [0.1, 0.15) is 0 Å². The third-order valence-corrected chi connectivity index (χ3v) is 2.77. The van der Waals surface area contributed by atoms with E-state index in [1.807, 2.05) is 21.6 Å². The normalized spacial score (nSPS) is 14.1. The molecule has 0 atom stereocenters. The fraction of sp³-hybridized carbons (Fsp3) is 0.400. The molecule has 0 aliphatic carbocycles. The van der Waals surface area contributed by atoms with Crippen LogP contribution in [0, 0.1) is 0 Å². The predicted octanol–water partition coefficient (Wildman–Crippen LogP) is 1.30. The lowest BCUT2D eigenvalue weighted by Crippen LogP contribution is -2.10. The zero-order valence-corrected chi connectivity index (χ0v) is 7.85. The van der Waals surface area contributed by atoms with Crippen LogP contribution in [0.5, 0.6) is 0 Å². The molecular formula is C5H9NOS3. The monoisotopic (exact) mass is 195 g/mol. The topological polar surface area (TPSA) is 43.1 Å². The van der Waals surface area contributed by atoms with Crippen molar-refractivity contribution in [2.24, 2.45) is 5.73 Å². The summed E-state index contributed by atoms with van der Waals surface area (Å²) in [4.78, 5) is 9.51. The van der Waals surface area contributed by atoms with Crippen molar-refractivity contribution in [1.29, 1.82) is 0 Å². The summed E-state index contributed by atoms with van der Waals surface area (Å²) in [6, 6.07) is 0. The highest BCUT2D eigenvalue weighted by Gasteiger charge is 1.85. The number of thiol groups is 1. The smallest absolute Gasteiger partial charge is 0.227 e. The van der Waals surface area contributed by atoms with Crippen molar-refractivity contribution < 1.29 is 4.79 Å².